The molecule has 1 N–H and O–H groups in total. The maximum Gasteiger partial charge on any atom is 0.319 e. The van der Waals surface area contributed by atoms with E-state index in [-0.39, 0.29) is 24.9 Å². The van der Waals surface area contributed by atoms with Crippen molar-refractivity contribution < 1.29 is 9.53 Å². The Balaban J connectivity index is 0.00000196. The van der Waals surface area contributed by atoms with Gasteiger partial charge in [-0.15, -0.1) is 12.4 Å². The Morgan fingerprint density at radius 1 is 1.53 bits per heavy atom. The molecule has 0 unspecified atom stereocenters. The molecule has 0 heterocycles. The number of halogens is 2. The molecule has 0 spiro atoms. The van der Waals surface area contributed by atoms with Crippen LogP contribution in [0, 0.1) is 0 Å². The van der Waals surface area contributed by atoms with E-state index in [9.17, 15) is 4.79 Å². The molecule has 1 rings (SSSR count). The number of carbonyl (C=O) groups excluding carboxylic acids is 1. The standard InChI is InChI=1S/C10H12ClNO2.ClH/c1-14-10(13)7-12-6-8-3-2-4-9(11)5-8;/h2-5,12H,6-7H2,1H3;1H. The smallest absolute Gasteiger partial charge is 0.319 e. The summed E-state index contributed by atoms with van der Waals surface area (Å²) in [4.78, 5) is 10.8. The second-order valence-electron chi connectivity index (χ2n) is 2.81. The van der Waals surface area contributed by atoms with E-state index in [4.69, 9.17) is 11.6 Å². The third kappa shape index (κ3) is 5.62. The Morgan fingerprint density at radius 2 is 2.27 bits per heavy atom. The van der Waals surface area contributed by atoms with E-state index in [1.165, 1.54) is 7.11 Å². The van der Waals surface area contributed by atoms with Gasteiger partial charge in [0.2, 0.25) is 0 Å². The van der Waals surface area contributed by atoms with Gasteiger partial charge in [0.1, 0.15) is 0 Å². The molecule has 1 aromatic carbocycles. The summed E-state index contributed by atoms with van der Waals surface area (Å²) in [6, 6.07) is 7.48. The Morgan fingerprint density at radius 3 is 2.87 bits per heavy atom. The number of methoxy groups -OCH3 is 1. The second-order valence-corrected chi connectivity index (χ2v) is 3.25. The molecule has 0 saturated carbocycles. The van der Waals surface area contributed by atoms with Gasteiger partial charge in [0.25, 0.3) is 0 Å². The lowest BCUT2D eigenvalue weighted by molar-refractivity contribution is -0.139. The van der Waals surface area contributed by atoms with Crippen LogP contribution in [0.1, 0.15) is 5.56 Å². The van der Waals surface area contributed by atoms with Gasteiger partial charge in [0.15, 0.2) is 0 Å². The largest absolute Gasteiger partial charge is 0.468 e. The Hall–Kier alpha value is -0.770. The minimum Gasteiger partial charge on any atom is -0.468 e. The summed E-state index contributed by atoms with van der Waals surface area (Å²) >= 11 is 5.79. The van der Waals surface area contributed by atoms with Crippen LogP contribution in [0.3, 0.4) is 0 Å². The minimum atomic E-state index is -0.271. The molecule has 0 aliphatic heterocycles. The summed E-state index contributed by atoms with van der Waals surface area (Å²) in [6.45, 7) is 0.818. The maximum absolute atomic E-state index is 10.8. The molecule has 0 amide bonds. The van der Waals surface area contributed by atoms with Gasteiger partial charge in [-0.2, -0.15) is 0 Å². The predicted molar refractivity (Wildman–Crippen MR) is 62.4 cm³/mol. The molecule has 5 heteroatoms. The van der Waals surface area contributed by atoms with Gasteiger partial charge in [-0.05, 0) is 17.7 Å². The first-order chi connectivity index (χ1) is 6.72. The molecule has 0 bridgehead atoms. The van der Waals surface area contributed by atoms with Crippen LogP contribution in [0.25, 0.3) is 0 Å². The number of nitrogens with one attached hydrogen (secondary N) is 1. The Bertz CT molecular complexity index is 318. The summed E-state index contributed by atoms with van der Waals surface area (Å²) < 4.78 is 4.48. The highest BCUT2D eigenvalue weighted by molar-refractivity contribution is 6.30. The molecular formula is C10H13Cl2NO2. The van der Waals surface area contributed by atoms with E-state index in [2.05, 4.69) is 10.1 Å². The average molecular weight is 250 g/mol. The van der Waals surface area contributed by atoms with Crippen molar-refractivity contribution in [3.63, 3.8) is 0 Å². The van der Waals surface area contributed by atoms with Crippen LogP contribution in [0.2, 0.25) is 5.02 Å². The first-order valence-electron chi connectivity index (χ1n) is 4.24. The molecule has 3 nitrogen and oxygen atoms in total. The SMILES string of the molecule is COC(=O)CNCc1cccc(Cl)c1.Cl. The summed E-state index contributed by atoms with van der Waals surface area (Å²) in [5.41, 5.74) is 1.04. The third-order valence-corrected chi connectivity index (χ3v) is 1.95. The molecule has 0 fully saturated rings. The van der Waals surface area contributed by atoms with E-state index < -0.39 is 0 Å². The molecule has 0 aromatic heterocycles. The van der Waals surface area contributed by atoms with Crippen molar-refractivity contribution in [2.45, 2.75) is 6.54 Å². The molecular weight excluding hydrogens is 237 g/mol. The van der Waals surface area contributed by atoms with Crippen molar-refractivity contribution >= 4 is 30.0 Å². The van der Waals surface area contributed by atoms with Crippen molar-refractivity contribution in [3.05, 3.63) is 34.9 Å². The highest BCUT2D eigenvalue weighted by Gasteiger charge is 1.99. The van der Waals surface area contributed by atoms with Gasteiger partial charge in [0.05, 0.1) is 13.7 Å². The van der Waals surface area contributed by atoms with Crippen molar-refractivity contribution in [2.75, 3.05) is 13.7 Å². The van der Waals surface area contributed by atoms with Crippen molar-refractivity contribution in [3.8, 4) is 0 Å². The predicted octanol–water partition coefficient (Wildman–Crippen LogP) is 2.02. The molecule has 0 aliphatic rings. The normalized spacial score (nSPS) is 9.20. The average Bonchev–Trinajstić information content (AvgIpc) is 2.17. The van der Waals surface area contributed by atoms with E-state index in [1.54, 1.807) is 0 Å². The summed E-state index contributed by atoms with van der Waals surface area (Å²) in [6.07, 6.45) is 0. The number of hydrogen-bond acceptors (Lipinski definition) is 3. The summed E-state index contributed by atoms with van der Waals surface area (Å²) in [7, 11) is 1.36. The van der Waals surface area contributed by atoms with E-state index in [0.29, 0.717) is 11.6 Å². The number of benzene rings is 1. The number of ether oxygens (including phenoxy) is 1. The highest BCUT2D eigenvalue weighted by atomic mass is 35.5. The highest BCUT2D eigenvalue weighted by Crippen LogP contribution is 2.09. The fraction of sp³-hybridized carbons (Fsp3) is 0.300. The van der Waals surface area contributed by atoms with Crippen molar-refractivity contribution in [1.82, 2.24) is 5.32 Å². The number of rotatable bonds is 4. The quantitative estimate of drug-likeness (QED) is 0.831. The van der Waals surface area contributed by atoms with E-state index in [1.807, 2.05) is 24.3 Å². The number of hydrogen-bond donors (Lipinski definition) is 1. The van der Waals surface area contributed by atoms with Gasteiger partial charge in [-0.1, -0.05) is 23.7 Å². The van der Waals surface area contributed by atoms with Crippen LogP contribution in [0.5, 0.6) is 0 Å². The molecule has 15 heavy (non-hydrogen) atoms. The van der Waals surface area contributed by atoms with Gasteiger partial charge in [-0.25, -0.2) is 0 Å². The maximum atomic E-state index is 10.8. The molecule has 0 atom stereocenters. The zero-order valence-electron chi connectivity index (χ0n) is 8.33. The molecule has 0 radical (unpaired) electrons. The lowest BCUT2D eigenvalue weighted by atomic mass is 10.2. The zero-order valence-corrected chi connectivity index (χ0v) is 9.90. The fourth-order valence-electron chi connectivity index (χ4n) is 1.03. The number of carbonyl (C=O) groups is 1. The third-order valence-electron chi connectivity index (χ3n) is 1.72. The van der Waals surface area contributed by atoms with Gasteiger partial charge in [0, 0.05) is 11.6 Å². The molecule has 0 saturated heterocycles. The summed E-state index contributed by atoms with van der Waals surface area (Å²) in [5.74, 6) is -0.271. The van der Waals surface area contributed by atoms with Crippen LogP contribution in [-0.2, 0) is 16.1 Å². The van der Waals surface area contributed by atoms with Crippen molar-refractivity contribution in [1.29, 1.82) is 0 Å². The lowest BCUT2D eigenvalue weighted by Crippen LogP contribution is -2.23. The zero-order chi connectivity index (χ0) is 10.4. The monoisotopic (exact) mass is 249 g/mol. The van der Waals surface area contributed by atoms with Crippen LogP contribution >= 0.6 is 24.0 Å². The van der Waals surface area contributed by atoms with Crippen LogP contribution in [0.4, 0.5) is 0 Å². The van der Waals surface area contributed by atoms with Gasteiger partial charge < -0.3 is 10.1 Å². The second kappa shape index (κ2) is 7.51. The molecule has 0 aliphatic carbocycles. The van der Waals surface area contributed by atoms with E-state index >= 15 is 0 Å². The first kappa shape index (κ1) is 14.2. The van der Waals surface area contributed by atoms with Crippen LogP contribution in [0.15, 0.2) is 24.3 Å². The lowest BCUT2D eigenvalue weighted by Gasteiger charge is -2.03. The summed E-state index contributed by atoms with van der Waals surface area (Å²) in [5, 5.41) is 3.64. The molecule has 1 aromatic rings. The topological polar surface area (TPSA) is 38.3 Å². The van der Waals surface area contributed by atoms with Gasteiger partial charge >= 0.3 is 5.97 Å². The van der Waals surface area contributed by atoms with Crippen molar-refractivity contribution in [2.24, 2.45) is 0 Å². The van der Waals surface area contributed by atoms with Crippen LogP contribution < -0.4 is 5.32 Å². The molecule has 84 valence electrons. The van der Waals surface area contributed by atoms with Crippen LogP contribution in [-0.4, -0.2) is 19.6 Å². The fourth-order valence-corrected chi connectivity index (χ4v) is 1.24. The van der Waals surface area contributed by atoms with Gasteiger partial charge in [-0.3, -0.25) is 4.79 Å². The Kier molecular flexibility index (Phi) is 7.13. The minimum absolute atomic E-state index is 0. The van der Waals surface area contributed by atoms with E-state index in [0.717, 1.165) is 5.56 Å². The number of esters is 1. The first-order valence-corrected chi connectivity index (χ1v) is 4.62. The Labute approximate surface area is 100 Å².